The van der Waals surface area contributed by atoms with Gasteiger partial charge in [-0.1, -0.05) is 20.8 Å². The van der Waals surface area contributed by atoms with Gasteiger partial charge in [-0.15, -0.1) is 0 Å². The smallest absolute Gasteiger partial charge is 0.222 e. The minimum Gasteiger partial charge on any atom is -0.396 e. The van der Waals surface area contributed by atoms with Crippen molar-refractivity contribution >= 4 is 5.91 Å². The maximum atomic E-state index is 11.9. The number of nitrogens with zero attached hydrogens (tertiary/aromatic N) is 1. The second kappa shape index (κ2) is 6.39. The molecule has 1 aliphatic rings. The van der Waals surface area contributed by atoms with E-state index >= 15 is 0 Å². The van der Waals surface area contributed by atoms with Crippen molar-refractivity contribution in [3.8, 4) is 0 Å². The zero-order valence-corrected chi connectivity index (χ0v) is 11.5. The van der Waals surface area contributed by atoms with Crippen LogP contribution in [0, 0.1) is 11.3 Å². The number of likely N-dealkylation sites (tertiary alicyclic amines) is 1. The Balaban J connectivity index is 2.21. The molecule has 1 fully saturated rings. The van der Waals surface area contributed by atoms with Crippen LogP contribution in [0.25, 0.3) is 0 Å². The Kier molecular flexibility index (Phi) is 5.44. The maximum Gasteiger partial charge on any atom is 0.222 e. The highest BCUT2D eigenvalue weighted by Crippen LogP contribution is 2.23. The highest BCUT2D eigenvalue weighted by Gasteiger charge is 2.22. The van der Waals surface area contributed by atoms with Crippen LogP contribution in [0.4, 0.5) is 0 Å². The van der Waals surface area contributed by atoms with Crippen molar-refractivity contribution in [1.29, 1.82) is 0 Å². The van der Waals surface area contributed by atoms with Gasteiger partial charge in [-0.2, -0.15) is 0 Å². The lowest BCUT2D eigenvalue weighted by Gasteiger charge is -2.31. The van der Waals surface area contributed by atoms with Gasteiger partial charge in [0.15, 0.2) is 0 Å². The van der Waals surface area contributed by atoms with Crippen molar-refractivity contribution in [2.24, 2.45) is 11.3 Å². The Morgan fingerprint density at radius 2 is 1.88 bits per heavy atom. The summed E-state index contributed by atoms with van der Waals surface area (Å²) in [6.45, 7) is 8.57. The molecule has 1 heterocycles. The minimum atomic E-state index is 0.270. The van der Waals surface area contributed by atoms with Crippen LogP contribution < -0.4 is 0 Å². The van der Waals surface area contributed by atoms with Crippen molar-refractivity contribution in [3.05, 3.63) is 0 Å². The molecule has 0 bridgehead atoms. The van der Waals surface area contributed by atoms with Crippen LogP contribution in [0.2, 0.25) is 0 Å². The van der Waals surface area contributed by atoms with E-state index in [0.29, 0.717) is 23.7 Å². The van der Waals surface area contributed by atoms with E-state index in [2.05, 4.69) is 20.8 Å². The van der Waals surface area contributed by atoms with Gasteiger partial charge in [0.2, 0.25) is 5.91 Å². The third kappa shape index (κ3) is 5.53. The molecule has 17 heavy (non-hydrogen) atoms. The average molecular weight is 241 g/mol. The molecule has 0 aliphatic carbocycles. The Morgan fingerprint density at radius 3 is 2.35 bits per heavy atom. The summed E-state index contributed by atoms with van der Waals surface area (Å²) in [6.07, 6.45) is 4.69. The van der Waals surface area contributed by atoms with Crippen molar-refractivity contribution < 1.29 is 9.90 Å². The average Bonchev–Trinajstić information content (AvgIpc) is 2.27. The first kappa shape index (κ1) is 14.5. The molecule has 1 rings (SSSR count). The second-order valence-electron chi connectivity index (χ2n) is 6.42. The first-order valence-corrected chi connectivity index (χ1v) is 6.81. The molecule has 0 atom stereocenters. The third-order valence-corrected chi connectivity index (χ3v) is 3.54. The van der Waals surface area contributed by atoms with E-state index in [1.165, 1.54) is 0 Å². The predicted molar refractivity (Wildman–Crippen MR) is 69.7 cm³/mol. The Hall–Kier alpha value is -0.570. The van der Waals surface area contributed by atoms with Gasteiger partial charge in [-0.3, -0.25) is 4.79 Å². The molecule has 0 aromatic rings. The van der Waals surface area contributed by atoms with Gasteiger partial charge in [0, 0.05) is 26.1 Å². The number of carbonyl (C=O) groups is 1. The monoisotopic (exact) mass is 241 g/mol. The molecule has 0 radical (unpaired) electrons. The SMILES string of the molecule is CC(C)(C)CCCC(=O)N1CCC(CO)CC1. The molecule has 3 heteroatoms. The van der Waals surface area contributed by atoms with Gasteiger partial charge in [0.1, 0.15) is 0 Å². The van der Waals surface area contributed by atoms with Crippen LogP contribution in [0.5, 0.6) is 0 Å². The van der Waals surface area contributed by atoms with Crippen molar-refractivity contribution in [2.45, 2.75) is 52.9 Å². The molecular weight excluding hydrogens is 214 g/mol. The molecule has 1 amide bonds. The minimum absolute atomic E-state index is 0.270. The van der Waals surface area contributed by atoms with Crippen LogP contribution in [0.3, 0.4) is 0 Å². The quantitative estimate of drug-likeness (QED) is 0.821. The van der Waals surface area contributed by atoms with Crippen LogP contribution >= 0.6 is 0 Å². The summed E-state index contributed by atoms with van der Waals surface area (Å²) in [6, 6.07) is 0. The zero-order chi connectivity index (χ0) is 12.9. The van der Waals surface area contributed by atoms with Gasteiger partial charge >= 0.3 is 0 Å². The highest BCUT2D eigenvalue weighted by atomic mass is 16.3. The van der Waals surface area contributed by atoms with Crippen LogP contribution in [0.1, 0.15) is 52.9 Å². The lowest BCUT2D eigenvalue weighted by atomic mass is 9.89. The Bertz CT molecular complexity index is 237. The van der Waals surface area contributed by atoms with Crippen molar-refractivity contribution in [3.63, 3.8) is 0 Å². The number of carbonyl (C=O) groups excluding carboxylic acids is 1. The summed E-state index contributed by atoms with van der Waals surface area (Å²) >= 11 is 0. The molecular formula is C14H27NO2. The van der Waals surface area contributed by atoms with E-state index in [9.17, 15) is 4.79 Å². The summed E-state index contributed by atoms with van der Waals surface area (Å²) in [5, 5.41) is 9.04. The van der Waals surface area contributed by atoms with E-state index in [-0.39, 0.29) is 6.61 Å². The largest absolute Gasteiger partial charge is 0.396 e. The zero-order valence-electron chi connectivity index (χ0n) is 11.5. The fourth-order valence-electron chi connectivity index (χ4n) is 2.29. The number of hydrogen-bond donors (Lipinski definition) is 1. The standard InChI is InChI=1S/C14H27NO2/c1-14(2,3)8-4-5-13(17)15-9-6-12(11-16)7-10-15/h12,16H,4-11H2,1-3H3. The van der Waals surface area contributed by atoms with Gasteiger partial charge in [-0.05, 0) is 37.0 Å². The summed E-state index contributed by atoms with van der Waals surface area (Å²) in [5.74, 6) is 0.708. The first-order valence-electron chi connectivity index (χ1n) is 6.81. The molecule has 100 valence electrons. The van der Waals surface area contributed by atoms with E-state index in [1.54, 1.807) is 0 Å². The van der Waals surface area contributed by atoms with Crippen LogP contribution in [-0.4, -0.2) is 35.6 Å². The van der Waals surface area contributed by atoms with Gasteiger partial charge in [0.25, 0.3) is 0 Å². The van der Waals surface area contributed by atoms with Crippen molar-refractivity contribution in [2.75, 3.05) is 19.7 Å². The fraction of sp³-hybridized carbons (Fsp3) is 0.929. The summed E-state index contributed by atoms with van der Waals surface area (Å²) in [4.78, 5) is 13.9. The molecule has 0 aromatic carbocycles. The molecule has 1 saturated heterocycles. The number of aliphatic hydroxyl groups excluding tert-OH is 1. The lowest BCUT2D eigenvalue weighted by molar-refractivity contribution is -0.133. The van der Waals surface area contributed by atoms with Gasteiger partial charge < -0.3 is 10.0 Å². The molecule has 0 saturated carbocycles. The first-order chi connectivity index (χ1) is 7.92. The molecule has 0 spiro atoms. The number of amides is 1. The Morgan fingerprint density at radius 1 is 1.29 bits per heavy atom. The summed E-state index contributed by atoms with van der Waals surface area (Å²) in [7, 11) is 0. The molecule has 3 nitrogen and oxygen atoms in total. The highest BCUT2D eigenvalue weighted by molar-refractivity contribution is 5.76. The lowest BCUT2D eigenvalue weighted by Crippen LogP contribution is -2.39. The maximum absolute atomic E-state index is 11.9. The van der Waals surface area contributed by atoms with Crippen LogP contribution in [-0.2, 0) is 4.79 Å². The predicted octanol–water partition coefficient (Wildman–Crippen LogP) is 2.43. The van der Waals surface area contributed by atoms with E-state index in [1.807, 2.05) is 4.90 Å². The molecule has 1 N–H and O–H groups in total. The third-order valence-electron chi connectivity index (χ3n) is 3.54. The summed E-state index contributed by atoms with van der Waals surface area (Å²) < 4.78 is 0. The van der Waals surface area contributed by atoms with E-state index in [4.69, 9.17) is 5.11 Å². The Labute approximate surface area is 105 Å². The van der Waals surface area contributed by atoms with Crippen molar-refractivity contribution in [1.82, 2.24) is 4.90 Å². The normalized spacial score (nSPS) is 18.5. The number of piperidine rings is 1. The molecule has 0 unspecified atom stereocenters. The topological polar surface area (TPSA) is 40.5 Å². The van der Waals surface area contributed by atoms with E-state index < -0.39 is 0 Å². The number of hydrogen-bond acceptors (Lipinski definition) is 2. The van der Waals surface area contributed by atoms with Gasteiger partial charge in [0.05, 0.1) is 0 Å². The fourth-order valence-corrected chi connectivity index (χ4v) is 2.29. The summed E-state index contributed by atoms with van der Waals surface area (Å²) in [5.41, 5.74) is 0.324. The van der Waals surface area contributed by atoms with Crippen LogP contribution in [0.15, 0.2) is 0 Å². The van der Waals surface area contributed by atoms with E-state index in [0.717, 1.165) is 38.8 Å². The number of rotatable bonds is 4. The molecule has 0 aromatic heterocycles. The second-order valence-corrected chi connectivity index (χ2v) is 6.42. The molecule has 1 aliphatic heterocycles. The number of aliphatic hydroxyl groups is 1. The van der Waals surface area contributed by atoms with Gasteiger partial charge in [-0.25, -0.2) is 0 Å².